The van der Waals surface area contributed by atoms with E-state index in [1.165, 1.54) is 44.9 Å². The van der Waals surface area contributed by atoms with Gasteiger partial charge >= 0.3 is 0 Å². The van der Waals surface area contributed by atoms with Gasteiger partial charge in [0.2, 0.25) is 0 Å². The first-order valence-electron chi connectivity index (χ1n) is 9.70. The van der Waals surface area contributed by atoms with Gasteiger partial charge in [0.1, 0.15) is 11.3 Å². The fraction of sp³-hybridized carbons (Fsp3) is 0.700. The highest BCUT2D eigenvalue weighted by molar-refractivity contribution is 5.90. The summed E-state index contributed by atoms with van der Waals surface area (Å²) in [7, 11) is 1.83. The number of nitrogens with zero attached hydrogens (tertiary/aromatic N) is 2. The van der Waals surface area contributed by atoms with Gasteiger partial charge in [-0.15, -0.1) is 12.4 Å². The summed E-state index contributed by atoms with van der Waals surface area (Å²) in [4.78, 5) is 18.5. The Bertz CT molecular complexity index is 634. The molecule has 0 spiro atoms. The van der Waals surface area contributed by atoms with Crippen LogP contribution in [0.15, 0.2) is 18.3 Å². The Morgan fingerprint density at radius 1 is 1.19 bits per heavy atom. The Morgan fingerprint density at radius 2 is 1.85 bits per heavy atom. The van der Waals surface area contributed by atoms with E-state index >= 15 is 0 Å². The van der Waals surface area contributed by atoms with Crippen molar-refractivity contribution in [2.45, 2.75) is 56.6 Å². The fourth-order valence-corrected chi connectivity index (χ4v) is 5.77. The normalized spacial score (nSPS) is 32.2. The van der Waals surface area contributed by atoms with Crippen molar-refractivity contribution in [2.75, 3.05) is 20.2 Å². The number of ether oxygens (including phenoxy) is 1. The second-order valence-electron chi connectivity index (χ2n) is 8.01. The number of amides is 1. The summed E-state index contributed by atoms with van der Waals surface area (Å²) in [5, 5.41) is 0. The van der Waals surface area contributed by atoms with Gasteiger partial charge in [-0.1, -0.05) is 19.3 Å². The minimum Gasteiger partial charge on any atom is -0.373 e. The molecule has 5 nitrogen and oxygen atoms in total. The number of carbonyl (C=O) groups excluding carboxylic acids is 1. The summed E-state index contributed by atoms with van der Waals surface area (Å²) in [6, 6.07) is 4.64. The molecule has 1 saturated heterocycles. The zero-order valence-corrected chi connectivity index (χ0v) is 16.3. The first-order chi connectivity index (χ1) is 12.1. The number of methoxy groups -OCH3 is 1. The van der Waals surface area contributed by atoms with Crippen molar-refractivity contribution in [2.24, 2.45) is 17.6 Å². The van der Waals surface area contributed by atoms with Gasteiger partial charge in [0.25, 0.3) is 5.91 Å². The van der Waals surface area contributed by atoms with E-state index < -0.39 is 5.91 Å². The van der Waals surface area contributed by atoms with Crippen LogP contribution in [0.1, 0.15) is 61.0 Å². The van der Waals surface area contributed by atoms with Crippen LogP contribution in [0.3, 0.4) is 0 Å². The third kappa shape index (κ3) is 3.14. The van der Waals surface area contributed by atoms with E-state index in [9.17, 15) is 4.79 Å². The van der Waals surface area contributed by atoms with E-state index in [1.54, 1.807) is 6.20 Å². The van der Waals surface area contributed by atoms with Crippen molar-refractivity contribution in [1.29, 1.82) is 0 Å². The molecule has 6 heteroatoms. The van der Waals surface area contributed by atoms with Gasteiger partial charge in [-0.2, -0.15) is 0 Å². The molecular formula is C20H30ClN3O2. The van der Waals surface area contributed by atoms with E-state index in [1.807, 2.05) is 19.2 Å². The van der Waals surface area contributed by atoms with Crippen molar-refractivity contribution in [3.63, 3.8) is 0 Å². The molecule has 0 aromatic carbocycles. The van der Waals surface area contributed by atoms with Gasteiger partial charge < -0.3 is 10.5 Å². The summed E-state index contributed by atoms with van der Waals surface area (Å²) in [5.74, 6) is 0.462. The van der Waals surface area contributed by atoms with Crippen LogP contribution in [0.5, 0.6) is 0 Å². The molecule has 26 heavy (non-hydrogen) atoms. The molecule has 2 saturated carbocycles. The number of nitrogens with two attached hydrogens (primary N) is 1. The number of pyridine rings is 1. The molecule has 2 N–H and O–H groups in total. The number of fused-ring (bicyclic) bond motifs is 2. The van der Waals surface area contributed by atoms with Crippen molar-refractivity contribution in [3.8, 4) is 0 Å². The third-order valence-electron chi connectivity index (χ3n) is 6.87. The van der Waals surface area contributed by atoms with E-state index in [2.05, 4.69) is 9.88 Å². The number of halogens is 1. The molecule has 1 aromatic heterocycles. The maximum absolute atomic E-state index is 11.6. The largest absolute Gasteiger partial charge is 0.373 e. The summed E-state index contributed by atoms with van der Waals surface area (Å²) >= 11 is 0. The number of primary amides is 1. The SMILES string of the molecule is CO[C@@]1(c2ccnc(C(N)=O)c2)[C@@H]2CCC[C@H]1CN(C1CCCC1)C2.Cl. The Hall–Kier alpha value is -1.17. The van der Waals surface area contributed by atoms with Crippen LogP contribution in [0.2, 0.25) is 0 Å². The highest BCUT2D eigenvalue weighted by Gasteiger charge is 2.54. The Labute approximate surface area is 162 Å². The second kappa shape index (κ2) is 7.83. The summed E-state index contributed by atoms with van der Waals surface area (Å²) in [5.41, 5.74) is 6.58. The molecule has 1 amide bonds. The monoisotopic (exact) mass is 379 g/mol. The maximum atomic E-state index is 11.6. The molecule has 0 radical (unpaired) electrons. The fourth-order valence-electron chi connectivity index (χ4n) is 5.77. The van der Waals surface area contributed by atoms with Gasteiger partial charge in [0.15, 0.2) is 0 Å². The number of aromatic nitrogens is 1. The molecule has 3 atom stereocenters. The minimum absolute atomic E-state index is 0. The van der Waals surface area contributed by atoms with Gasteiger partial charge in [-0.3, -0.25) is 14.7 Å². The molecule has 4 rings (SSSR count). The van der Waals surface area contributed by atoms with Crippen LogP contribution in [-0.2, 0) is 10.3 Å². The topological polar surface area (TPSA) is 68.5 Å². The number of hydrogen-bond donors (Lipinski definition) is 1. The molecule has 0 unspecified atom stereocenters. The standard InChI is InChI=1S/C20H29N3O2.ClH/c1-25-20(14-9-10-22-18(11-14)19(21)24)15-5-4-6-16(20)13-23(12-15)17-7-2-3-8-17;/h9-11,15-17H,2-8,12-13H2,1H3,(H2,21,24);1H/t15-,16+,20+;. The predicted octanol–water partition coefficient (Wildman–Crippen LogP) is 3.12. The van der Waals surface area contributed by atoms with Gasteiger partial charge in [-0.25, -0.2) is 0 Å². The van der Waals surface area contributed by atoms with Gasteiger partial charge in [-0.05, 0) is 43.4 Å². The zero-order valence-electron chi connectivity index (χ0n) is 15.5. The third-order valence-corrected chi connectivity index (χ3v) is 6.87. The van der Waals surface area contributed by atoms with Crippen LogP contribution >= 0.6 is 12.4 Å². The summed E-state index contributed by atoms with van der Waals surface area (Å²) in [6.45, 7) is 2.20. The van der Waals surface area contributed by atoms with E-state index in [4.69, 9.17) is 10.5 Å². The van der Waals surface area contributed by atoms with Gasteiger partial charge in [0.05, 0.1) is 0 Å². The maximum Gasteiger partial charge on any atom is 0.267 e. The molecule has 1 aromatic rings. The first kappa shape index (κ1) is 19.6. The minimum atomic E-state index is -0.471. The molecule has 2 bridgehead atoms. The average Bonchev–Trinajstić information content (AvgIpc) is 3.15. The lowest BCUT2D eigenvalue weighted by Gasteiger charge is -2.56. The van der Waals surface area contributed by atoms with Crippen molar-refractivity contribution in [3.05, 3.63) is 29.6 Å². The number of rotatable bonds is 4. The number of piperidine rings is 1. The Morgan fingerprint density at radius 3 is 2.42 bits per heavy atom. The predicted molar refractivity (Wildman–Crippen MR) is 103 cm³/mol. The second-order valence-corrected chi connectivity index (χ2v) is 8.01. The molecule has 2 aliphatic carbocycles. The molecule has 3 fully saturated rings. The van der Waals surface area contributed by atoms with Crippen LogP contribution in [0, 0.1) is 11.8 Å². The lowest BCUT2D eigenvalue weighted by molar-refractivity contribution is -0.174. The Kier molecular flexibility index (Phi) is 5.90. The molecule has 3 aliphatic rings. The molecular weight excluding hydrogens is 350 g/mol. The van der Waals surface area contributed by atoms with Gasteiger partial charge in [0, 0.05) is 44.3 Å². The summed E-state index contributed by atoms with van der Waals surface area (Å²) < 4.78 is 6.27. The zero-order chi connectivity index (χ0) is 17.4. The van der Waals surface area contributed by atoms with Crippen LogP contribution in [-0.4, -0.2) is 42.0 Å². The van der Waals surface area contributed by atoms with Crippen LogP contribution in [0.25, 0.3) is 0 Å². The smallest absolute Gasteiger partial charge is 0.267 e. The quantitative estimate of drug-likeness (QED) is 0.872. The molecule has 2 heterocycles. The number of carbonyl (C=O) groups is 1. The molecule has 144 valence electrons. The van der Waals surface area contributed by atoms with Crippen LogP contribution in [0.4, 0.5) is 0 Å². The van der Waals surface area contributed by atoms with Crippen molar-refractivity contribution < 1.29 is 9.53 Å². The number of hydrogen-bond acceptors (Lipinski definition) is 4. The highest BCUT2D eigenvalue weighted by atomic mass is 35.5. The summed E-state index contributed by atoms with van der Waals surface area (Å²) in [6.07, 6.45) is 10.8. The number of likely N-dealkylation sites (tertiary alicyclic amines) is 1. The highest BCUT2D eigenvalue weighted by Crippen LogP contribution is 2.52. The van der Waals surface area contributed by atoms with Crippen LogP contribution < -0.4 is 5.73 Å². The lowest BCUT2D eigenvalue weighted by atomic mass is 9.62. The van der Waals surface area contributed by atoms with E-state index in [-0.39, 0.29) is 18.0 Å². The van der Waals surface area contributed by atoms with Crippen molar-refractivity contribution >= 4 is 18.3 Å². The molecule has 1 aliphatic heterocycles. The Balaban J connectivity index is 0.00000196. The lowest BCUT2D eigenvalue weighted by Crippen LogP contribution is -2.60. The van der Waals surface area contributed by atoms with E-state index in [0.717, 1.165) is 24.7 Å². The first-order valence-corrected chi connectivity index (χ1v) is 9.70. The van der Waals surface area contributed by atoms with E-state index in [0.29, 0.717) is 17.5 Å². The average molecular weight is 380 g/mol. The van der Waals surface area contributed by atoms with Crippen molar-refractivity contribution in [1.82, 2.24) is 9.88 Å².